The molecule has 0 atom stereocenters. The van der Waals surface area contributed by atoms with E-state index in [1.165, 1.54) is 39.2 Å². The molecule has 0 fully saturated rings. The van der Waals surface area contributed by atoms with E-state index in [1.54, 1.807) is 0 Å². The number of nitrogens with one attached hydrogen (secondary N) is 2. The third-order valence-electron chi connectivity index (χ3n) is 4.50. The summed E-state index contributed by atoms with van der Waals surface area (Å²) in [4.78, 5) is 11.1. The molecule has 0 saturated carbocycles. The Hall–Kier alpha value is -2.29. The second kappa shape index (κ2) is 5.24. The molecule has 3 rings (SSSR count). The largest absolute Gasteiger partial charge is 0.364 e. The molecule has 21 heavy (non-hydrogen) atoms. The molecule has 3 heterocycles. The van der Waals surface area contributed by atoms with Gasteiger partial charge in [0.1, 0.15) is 0 Å². The van der Waals surface area contributed by atoms with Crippen LogP contribution >= 0.6 is 0 Å². The van der Waals surface area contributed by atoms with E-state index in [-0.39, 0.29) is 5.92 Å². The quantitative estimate of drug-likeness (QED) is 0.743. The van der Waals surface area contributed by atoms with Crippen molar-refractivity contribution in [1.29, 1.82) is 0 Å². The summed E-state index contributed by atoms with van der Waals surface area (Å²) in [7, 11) is 0. The smallest absolute Gasteiger partial charge is 0.0648 e. The molecule has 0 bridgehead atoms. The van der Waals surface area contributed by atoms with Gasteiger partial charge >= 0.3 is 0 Å². The lowest BCUT2D eigenvalue weighted by molar-refractivity contribution is 0.875. The van der Waals surface area contributed by atoms with Crippen LogP contribution in [0.25, 0.3) is 0 Å². The highest BCUT2D eigenvalue weighted by Crippen LogP contribution is 2.35. The maximum Gasteiger partial charge on any atom is 0.0648 e. The lowest BCUT2D eigenvalue weighted by atomic mass is 9.88. The van der Waals surface area contributed by atoms with Gasteiger partial charge in [-0.3, -0.25) is 4.98 Å². The zero-order valence-corrected chi connectivity index (χ0v) is 13.0. The molecule has 3 aromatic rings. The Kier molecular flexibility index (Phi) is 3.42. The zero-order chi connectivity index (χ0) is 15.0. The minimum atomic E-state index is 0.190. The van der Waals surface area contributed by atoms with E-state index in [4.69, 9.17) is 0 Å². The highest BCUT2D eigenvalue weighted by molar-refractivity contribution is 5.46. The summed E-state index contributed by atoms with van der Waals surface area (Å²) in [6.07, 6.45) is 7.89. The van der Waals surface area contributed by atoms with Gasteiger partial charge in [-0.25, -0.2) is 0 Å². The van der Waals surface area contributed by atoms with Crippen molar-refractivity contribution in [2.75, 3.05) is 0 Å². The lowest BCUT2D eigenvalue weighted by Gasteiger charge is -2.18. The van der Waals surface area contributed by atoms with Crippen LogP contribution in [0.3, 0.4) is 0 Å². The molecule has 108 valence electrons. The Labute approximate surface area is 125 Å². The van der Waals surface area contributed by atoms with Crippen LogP contribution < -0.4 is 0 Å². The van der Waals surface area contributed by atoms with Crippen molar-refractivity contribution in [2.24, 2.45) is 0 Å². The number of H-pyrrole nitrogens is 2. The van der Waals surface area contributed by atoms with Gasteiger partial charge in [-0.05, 0) is 67.6 Å². The summed E-state index contributed by atoms with van der Waals surface area (Å²) in [5, 5.41) is 0. The summed E-state index contributed by atoms with van der Waals surface area (Å²) in [5.41, 5.74) is 8.99. The monoisotopic (exact) mass is 279 g/mol. The molecule has 0 radical (unpaired) electrons. The van der Waals surface area contributed by atoms with Crippen LogP contribution in [-0.4, -0.2) is 15.0 Å². The molecule has 0 aliphatic heterocycles. The fourth-order valence-electron chi connectivity index (χ4n) is 2.86. The highest BCUT2D eigenvalue weighted by Gasteiger charge is 2.23. The average Bonchev–Trinajstić information content (AvgIpc) is 2.99. The van der Waals surface area contributed by atoms with E-state index < -0.39 is 0 Å². The first kappa shape index (κ1) is 13.7. The molecule has 3 aromatic heterocycles. The molecule has 0 unspecified atom stereocenters. The van der Waals surface area contributed by atoms with Gasteiger partial charge in [0.2, 0.25) is 0 Å². The number of hydrogen-bond donors (Lipinski definition) is 2. The third kappa shape index (κ3) is 2.29. The Morgan fingerprint density at radius 2 is 1.29 bits per heavy atom. The average molecular weight is 279 g/mol. The van der Waals surface area contributed by atoms with Crippen molar-refractivity contribution in [3.63, 3.8) is 0 Å². The Morgan fingerprint density at radius 3 is 1.67 bits per heavy atom. The normalized spacial score (nSPS) is 11.3. The molecule has 0 saturated heterocycles. The Bertz CT molecular complexity index is 704. The molecule has 0 spiro atoms. The van der Waals surface area contributed by atoms with Crippen LogP contribution in [0.1, 0.15) is 45.1 Å². The fraction of sp³-hybridized carbons (Fsp3) is 0.278. The molecule has 0 amide bonds. The van der Waals surface area contributed by atoms with Crippen LogP contribution in [0.5, 0.6) is 0 Å². The Morgan fingerprint density at radius 1 is 0.810 bits per heavy atom. The van der Waals surface area contributed by atoms with Gasteiger partial charge in [0.05, 0.1) is 5.92 Å². The van der Waals surface area contributed by atoms with Gasteiger partial charge in [-0.15, -0.1) is 0 Å². The van der Waals surface area contributed by atoms with E-state index in [0.717, 1.165) is 0 Å². The number of aromatic amines is 2. The minimum absolute atomic E-state index is 0.190. The number of aromatic nitrogens is 3. The number of hydrogen-bond acceptors (Lipinski definition) is 1. The zero-order valence-electron chi connectivity index (χ0n) is 13.0. The standard InChI is InChI=1S/C18H21N3/c1-11-9-20-17(13(11)3)16(15-5-7-19-8-6-15)18-14(4)12(2)10-21-18/h5-10,16,20-21H,1-4H3. The maximum atomic E-state index is 4.15. The van der Waals surface area contributed by atoms with Crippen LogP contribution in [0, 0.1) is 27.7 Å². The maximum absolute atomic E-state index is 4.15. The van der Waals surface area contributed by atoms with Crippen molar-refractivity contribution in [3.05, 3.63) is 76.1 Å². The second-order valence-corrected chi connectivity index (χ2v) is 5.73. The molecule has 3 nitrogen and oxygen atoms in total. The first-order valence-corrected chi connectivity index (χ1v) is 7.28. The fourth-order valence-corrected chi connectivity index (χ4v) is 2.86. The molecule has 0 aromatic carbocycles. The van der Waals surface area contributed by atoms with Crippen molar-refractivity contribution < 1.29 is 0 Å². The van der Waals surface area contributed by atoms with Gasteiger partial charge in [-0.2, -0.15) is 0 Å². The molecular weight excluding hydrogens is 258 g/mol. The molecule has 0 aliphatic carbocycles. The second-order valence-electron chi connectivity index (χ2n) is 5.73. The summed E-state index contributed by atoms with van der Waals surface area (Å²) in [6, 6.07) is 4.19. The highest BCUT2D eigenvalue weighted by atomic mass is 14.8. The summed E-state index contributed by atoms with van der Waals surface area (Å²) < 4.78 is 0. The number of rotatable bonds is 3. The lowest BCUT2D eigenvalue weighted by Crippen LogP contribution is -2.07. The van der Waals surface area contributed by atoms with Gasteiger partial charge in [-0.1, -0.05) is 0 Å². The van der Waals surface area contributed by atoms with Gasteiger partial charge in [0.15, 0.2) is 0 Å². The van der Waals surface area contributed by atoms with Crippen molar-refractivity contribution in [1.82, 2.24) is 15.0 Å². The van der Waals surface area contributed by atoms with Crippen LogP contribution in [0.15, 0.2) is 36.9 Å². The van der Waals surface area contributed by atoms with Crippen LogP contribution in [0.2, 0.25) is 0 Å². The van der Waals surface area contributed by atoms with E-state index in [1.807, 2.05) is 12.4 Å². The molecule has 3 heteroatoms. The minimum Gasteiger partial charge on any atom is -0.364 e. The topological polar surface area (TPSA) is 44.5 Å². The van der Waals surface area contributed by atoms with Crippen LogP contribution in [0.4, 0.5) is 0 Å². The van der Waals surface area contributed by atoms with E-state index in [0.29, 0.717) is 0 Å². The van der Waals surface area contributed by atoms with Gasteiger partial charge < -0.3 is 9.97 Å². The summed E-state index contributed by atoms with van der Waals surface area (Å²) >= 11 is 0. The number of aryl methyl sites for hydroxylation is 2. The van der Waals surface area contributed by atoms with E-state index >= 15 is 0 Å². The summed E-state index contributed by atoms with van der Waals surface area (Å²) in [5.74, 6) is 0.190. The number of pyridine rings is 1. The first-order chi connectivity index (χ1) is 10.1. The third-order valence-corrected chi connectivity index (χ3v) is 4.50. The van der Waals surface area contributed by atoms with E-state index in [9.17, 15) is 0 Å². The predicted molar refractivity (Wildman–Crippen MR) is 85.7 cm³/mol. The number of nitrogens with zero attached hydrogens (tertiary/aromatic N) is 1. The van der Waals surface area contributed by atoms with Crippen molar-refractivity contribution in [2.45, 2.75) is 33.6 Å². The molecule has 2 N–H and O–H groups in total. The van der Waals surface area contributed by atoms with E-state index in [2.05, 4.69) is 67.2 Å². The molecular formula is C18H21N3. The first-order valence-electron chi connectivity index (χ1n) is 7.28. The Balaban J connectivity index is 2.21. The molecule has 0 aliphatic rings. The van der Waals surface area contributed by atoms with Crippen LogP contribution in [-0.2, 0) is 0 Å². The van der Waals surface area contributed by atoms with Crippen molar-refractivity contribution >= 4 is 0 Å². The SMILES string of the molecule is Cc1c[nH]c(C(c2ccncc2)c2[nH]cc(C)c2C)c1C. The van der Waals surface area contributed by atoms with Crippen molar-refractivity contribution in [3.8, 4) is 0 Å². The summed E-state index contributed by atoms with van der Waals surface area (Å²) in [6.45, 7) is 8.65. The van der Waals surface area contributed by atoms with Gasteiger partial charge in [0, 0.05) is 36.2 Å². The predicted octanol–water partition coefficient (Wildman–Crippen LogP) is 4.15. The van der Waals surface area contributed by atoms with Gasteiger partial charge in [0.25, 0.3) is 0 Å².